The Bertz CT molecular complexity index is 287. The lowest BCUT2D eigenvalue weighted by atomic mass is 10.2. The predicted molar refractivity (Wildman–Crippen MR) is 54.6 cm³/mol. The minimum absolute atomic E-state index is 0.0196. The van der Waals surface area contributed by atoms with Gasteiger partial charge in [0.1, 0.15) is 0 Å². The van der Waals surface area contributed by atoms with E-state index in [4.69, 9.17) is 5.73 Å². The van der Waals surface area contributed by atoms with Gasteiger partial charge >= 0.3 is 0 Å². The second kappa shape index (κ2) is 5.34. The molecule has 1 amide bonds. The Balaban J connectivity index is 2.42. The summed E-state index contributed by atoms with van der Waals surface area (Å²) in [5.74, 6) is -0.0401. The Kier molecular flexibility index (Phi) is 4.07. The quantitative estimate of drug-likeness (QED) is 0.712. The van der Waals surface area contributed by atoms with Crippen molar-refractivity contribution in [1.82, 2.24) is 10.3 Å². The number of nitrogens with zero attached hydrogens (tertiary/aromatic N) is 1. The molecule has 0 bridgehead atoms. The number of pyridine rings is 1. The zero-order chi connectivity index (χ0) is 10.4. The van der Waals surface area contributed by atoms with Gasteiger partial charge in [-0.25, -0.2) is 0 Å². The molecule has 76 valence electrons. The maximum absolute atomic E-state index is 11.4. The van der Waals surface area contributed by atoms with Gasteiger partial charge < -0.3 is 11.1 Å². The van der Waals surface area contributed by atoms with Gasteiger partial charge in [0, 0.05) is 24.5 Å². The molecule has 0 aliphatic rings. The van der Waals surface area contributed by atoms with Gasteiger partial charge in [0.05, 0.1) is 6.42 Å². The van der Waals surface area contributed by atoms with E-state index >= 15 is 0 Å². The van der Waals surface area contributed by atoms with Gasteiger partial charge in [-0.2, -0.15) is 0 Å². The molecule has 14 heavy (non-hydrogen) atoms. The van der Waals surface area contributed by atoms with Crippen LogP contribution in [0.4, 0.5) is 0 Å². The van der Waals surface area contributed by atoms with Gasteiger partial charge in [0.15, 0.2) is 0 Å². The highest BCUT2D eigenvalue weighted by molar-refractivity contribution is 5.78. The molecular formula is C10H15N3O. The Morgan fingerprint density at radius 2 is 2.43 bits per heavy atom. The average Bonchev–Trinajstić information content (AvgIpc) is 2.19. The van der Waals surface area contributed by atoms with Crippen molar-refractivity contribution < 1.29 is 4.79 Å². The molecule has 0 aromatic carbocycles. The first-order valence-corrected chi connectivity index (χ1v) is 4.61. The second-order valence-electron chi connectivity index (χ2n) is 3.20. The molecule has 1 aromatic rings. The standard InChI is InChI=1S/C10H15N3O/c1-8(7-11)13-10(14)6-9-4-2-3-5-12-9/h2-5,8H,6-7,11H2,1H3,(H,13,14)/t8-/m1/s1. The molecule has 0 radical (unpaired) electrons. The first-order valence-electron chi connectivity index (χ1n) is 4.61. The summed E-state index contributed by atoms with van der Waals surface area (Å²) in [6.07, 6.45) is 1.99. The van der Waals surface area contributed by atoms with Gasteiger partial charge in [0.25, 0.3) is 0 Å². The molecule has 3 N–H and O–H groups in total. The zero-order valence-corrected chi connectivity index (χ0v) is 8.23. The van der Waals surface area contributed by atoms with Crippen LogP contribution >= 0.6 is 0 Å². The highest BCUT2D eigenvalue weighted by Crippen LogP contribution is 1.94. The molecule has 4 heteroatoms. The smallest absolute Gasteiger partial charge is 0.226 e. The van der Waals surface area contributed by atoms with E-state index in [1.54, 1.807) is 6.20 Å². The van der Waals surface area contributed by atoms with Crippen LogP contribution in [0.1, 0.15) is 12.6 Å². The van der Waals surface area contributed by atoms with E-state index in [0.29, 0.717) is 13.0 Å². The lowest BCUT2D eigenvalue weighted by Gasteiger charge is -2.10. The van der Waals surface area contributed by atoms with Crippen molar-refractivity contribution >= 4 is 5.91 Å². The van der Waals surface area contributed by atoms with Crippen molar-refractivity contribution in [1.29, 1.82) is 0 Å². The fourth-order valence-electron chi connectivity index (χ4n) is 1.05. The van der Waals surface area contributed by atoms with Gasteiger partial charge in [-0.15, -0.1) is 0 Å². The SMILES string of the molecule is C[C@H](CN)NC(=O)Cc1ccccn1. The molecule has 0 spiro atoms. The third kappa shape index (κ3) is 3.53. The monoisotopic (exact) mass is 193 g/mol. The highest BCUT2D eigenvalue weighted by Gasteiger charge is 2.06. The number of carbonyl (C=O) groups excluding carboxylic acids is 1. The van der Waals surface area contributed by atoms with E-state index in [1.807, 2.05) is 25.1 Å². The summed E-state index contributed by atoms with van der Waals surface area (Å²) in [6.45, 7) is 2.32. The molecule has 0 fully saturated rings. The summed E-state index contributed by atoms with van der Waals surface area (Å²) < 4.78 is 0. The van der Waals surface area contributed by atoms with E-state index in [0.717, 1.165) is 5.69 Å². The molecule has 4 nitrogen and oxygen atoms in total. The maximum Gasteiger partial charge on any atom is 0.226 e. The fourth-order valence-corrected chi connectivity index (χ4v) is 1.05. The number of nitrogens with two attached hydrogens (primary N) is 1. The fraction of sp³-hybridized carbons (Fsp3) is 0.400. The van der Waals surface area contributed by atoms with Gasteiger partial charge in [-0.1, -0.05) is 6.07 Å². The summed E-state index contributed by atoms with van der Waals surface area (Å²) in [4.78, 5) is 15.4. The highest BCUT2D eigenvalue weighted by atomic mass is 16.1. The topological polar surface area (TPSA) is 68.0 Å². The van der Waals surface area contributed by atoms with Crippen molar-refractivity contribution in [3.63, 3.8) is 0 Å². The zero-order valence-electron chi connectivity index (χ0n) is 8.23. The Hall–Kier alpha value is -1.42. The summed E-state index contributed by atoms with van der Waals surface area (Å²) in [6, 6.07) is 5.53. The van der Waals surface area contributed by atoms with Crippen LogP contribution in [0.3, 0.4) is 0 Å². The normalized spacial score (nSPS) is 12.1. The minimum atomic E-state index is -0.0401. The second-order valence-corrected chi connectivity index (χ2v) is 3.20. The Morgan fingerprint density at radius 1 is 1.64 bits per heavy atom. The lowest BCUT2D eigenvalue weighted by Crippen LogP contribution is -2.38. The first-order chi connectivity index (χ1) is 6.72. The van der Waals surface area contributed by atoms with Crippen LogP contribution in [-0.2, 0) is 11.2 Å². The van der Waals surface area contributed by atoms with E-state index in [2.05, 4.69) is 10.3 Å². The van der Waals surface area contributed by atoms with Crippen molar-refractivity contribution in [3.8, 4) is 0 Å². The van der Waals surface area contributed by atoms with Crippen LogP contribution in [0, 0.1) is 0 Å². The molecule has 1 atom stereocenters. The molecule has 1 heterocycles. The number of rotatable bonds is 4. The average molecular weight is 193 g/mol. The largest absolute Gasteiger partial charge is 0.352 e. The maximum atomic E-state index is 11.4. The molecule has 1 rings (SSSR count). The summed E-state index contributed by atoms with van der Waals surface area (Å²) in [5, 5.41) is 2.77. The van der Waals surface area contributed by atoms with Crippen LogP contribution in [0.25, 0.3) is 0 Å². The number of aromatic nitrogens is 1. The molecule has 0 aliphatic heterocycles. The van der Waals surface area contributed by atoms with Crippen LogP contribution in [0.15, 0.2) is 24.4 Å². The number of hydrogen-bond acceptors (Lipinski definition) is 3. The number of hydrogen-bond donors (Lipinski definition) is 2. The first kappa shape index (κ1) is 10.7. The molecule has 0 unspecified atom stereocenters. The molecule has 1 aromatic heterocycles. The summed E-state index contributed by atoms with van der Waals surface area (Å²) >= 11 is 0. The Morgan fingerprint density at radius 3 is 3.00 bits per heavy atom. The van der Waals surface area contributed by atoms with Crippen molar-refractivity contribution in [2.24, 2.45) is 5.73 Å². The van der Waals surface area contributed by atoms with Gasteiger partial charge in [-0.3, -0.25) is 9.78 Å². The van der Waals surface area contributed by atoms with Crippen LogP contribution in [0.5, 0.6) is 0 Å². The third-order valence-corrected chi connectivity index (χ3v) is 1.83. The van der Waals surface area contributed by atoms with E-state index in [1.165, 1.54) is 0 Å². The molecule has 0 aliphatic carbocycles. The van der Waals surface area contributed by atoms with Gasteiger partial charge in [0.2, 0.25) is 5.91 Å². The van der Waals surface area contributed by atoms with Crippen molar-refractivity contribution in [2.75, 3.05) is 6.54 Å². The van der Waals surface area contributed by atoms with E-state index < -0.39 is 0 Å². The number of nitrogens with one attached hydrogen (secondary N) is 1. The van der Waals surface area contributed by atoms with Gasteiger partial charge in [-0.05, 0) is 19.1 Å². The minimum Gasteiger partial charge on any atom is -0.352 e. The molecule has 0 saturated heterocycles. The van der Waals surface area contributed by atoms with E-state index in [-0.39, 0.29) is 11.9 Å². The third-order valence-electron chi connectivity index (χ3n) is 1.83. The van der Waals surface area contributed by atoms with Crippen molar-refractivity contribution in [2.45, 2.75) is 19.4 Å². The molecular weight excluding hydrogens is 178 g/mol. The Labute approximate surface area is 83.5 Å². The lowest BCUT2D eigenvalue weighted by molar-refractivity contribution is -0.121. The van der Waals surface area contributed by atoms with Crippen molar-refractivity contribution in [3.05, 3.63) is 30.1 Å². The predicted octanol–water partition coefficient (Wildman–Crippen LogP) is 0.0875. The van der Waals surface area contributed by atoms with E-state index in [9.17, 15) is 4.79 Å². The number of amides is 1. The van der Waals surface area contributed by atoms with Crippen LogP contribution < -0.4 is 11.1 Å². The van der Waals surface area contributed by atoms with Crippen LogP contribution in [0.2, 0.25) is 0 Å². The number of carbonyl (C=O) groups is 1. The molecule has 0 saturated carbocycles. The van der Waals surface area contributed by atoms with Crippen LogP contribution in [-0.4, -0.2) is 23.5 Å². The summed E-state index contributed by atoms with van der Waals surface area (Å²) in [5.41, 5.74) is 6.16. The summed E-state index contributed by atoms with van der Waals surface area (Å²) in [7, 11) is 0.